The number of furan rings is 1. The SMILES string of the molecule is O=C1CCC(N2C(=O)c3ccc(CCCNC(=O)c4ccc(C5CC5)o4)cc3C2=O)C(=O)N1. The first-order valence-corrected chi connectivity index (χ1v) is 11.1. The van der Waals surface area contributed by atoms with Crippen LogP contribution in [0.1, 0.15) is 80.6 Å². The van der Waals surface area contributed by atoms with E-state index in [1.165, 1.54) is 0 Å². The Morgan fingerprint density at radius 2 is 1.82 bits per heavy atom. The van der Waals surface area contributed by atoms with Crippen LogP contribution in [-0.2, 0) is 16.0 Å². The third-order valence-electron chi connectivity index (χ3n) is 6.26. The summed E-state index contributed by atoms with van der Waals surface area (Å²) in [5.41, 5.74) is 1.36. The van der Waals surface area contributed by atoms with Crippen LogP contribution in [0.3, 0.4) is 0 Å². The van der Waals surface area contributed by atoms with E-state index in [9.17, 15) is 24.0 Å². The molecule has 1 saturated heterocycles. The van der Waals surface area contributed by atoms with Crippen LogP contribution < -0.4 is 10.6 Å². The maximum Gasteiger partial charge on any atom is 0.286 e. The smallest absolute Gasteiger partial charge is 0.286 e. The second kappa shape index (κ2) is 8.31. The van der Waals surface area contributed by atoms with Gasteiger partial charge in [-0.15, -0.1) is 0 Å². The lowest BCUT2D eigenvalue weighted by Gasteiger charge is -2.27. The van der Waals surface area contributed by atoms with Crippen molar-refractivity contribution in [1.82, 2.24) is 15.5 Å². The van der Waals surface area contributed by atoms with Crippen molar-refractivity contribution in [2.45, 2.75) is 50.5 Å². The zero-order valence-electron chi connectivity index (χ0n) is 17.9. The molecule has 2 aliphatic heterocycles. The molecular formula is C24H23N3O6. The standard InChI is InChI=1S/C24H23N3O6/c28-20-10-7-17(21(29)26-20)27-23(31)15-6-3-13(12-16(15)24(27)32)2-1-11-25-22(30)19-9-8-18(33-19)14-4-5-14/h3,6,8-9,12,14,17H,1-2,4-5,7,10-11H2,(H,25,30)(H,26,28,29). The number of amides is 5. The predicted molar refractivity (Wildman–Crippen MR) is 114 cm³/mol. The summed E-state index contributed by atoms with van der Waals surface area (Å²) < 4.78 is 5.60. The zero-order valence-corrected chi connectivity index (χ0v) is 17.9. The highest BCUT2D eigenvalue weighted by molar-refractivity contribution is 6.23. The average Bonchev–Trinajstić information content (AvgIpc) is 3.48. The largest absolute Gasteiger partial charge is 0.456 e. The van der Waals surface area contributed by atoms with E-state index in [1.54, 1.807) is 24.3 Å². The highest BCUT2D eigenvalue weighted by Gasteiger charge is 2.44. The Balaban J connectivity index is 1.17. The zero-order chi connectivity index (χ0) is 23.1. The molecule has 1 aliphatic carbocycles. The van der Waals surface area contributed by atoms with E-state index in [1.807, 2.05) is 6.07 Å². The molecule has 2 fully saturated rings. The third-order valence-corrected chi connectivity index (χ3v) is 6.26. The first kappa shape index (κ1) is 21.1. The lowest BCUT2D eigenvalue weighted by Crippen LogP contribution is -2.54. The Bertz CT molecular complexity index is 1180. The number of carbonyl (C=O) groups excluding carboxylic acids is 5. The first-order valence-electron chi connectivity index (χ1n) is 11.1. The Labute approximate surface area is 189 Å². The second-order valence-corrected chi connectivity index (χ2v) is 8.66. The van der Waals surface area contributed by atoms with Gasteiger partial charge in [0.25, 0.3) is 17.7 Å². The second-order valence-electron chi connectivity index (χ2n) is 8.66. The molecule has 1 aromatic heterocycles. The number of hydrogen-bond donors (Lipinski definition) is 2. The van der Waals surface area contributed by atoms with E-state index < -0.39 is 29.7 Å². The summed E-state index contributed by atoms with van der Waals surface area (Å²) in [7, 11) is 0. The molecule has 5 rings (SSSR count). The fourth-order valence-electron chi connectivity index (χ4n) is 4.32. The molecule has 2 aromatic rings. The first-order chi connectivity index (χ1) is 15.9. The summed E-state index contributed by atoms with van der Waals surface area (Å²) in [6.45, 7) is 0.435. The number of imide groups is 2. The highest BCUT2D eigenvalue weighted by Crippen LogP contribution is 2.40. The Morgan fingerprint density at radius 3 is 2.58 bits per heavy atom. The van der Waals surface area contributed by atoms with Gasteiger partial charge in [0.1, 0.15) is 11.8 Å². The molecule has 170 valence electrons. The summed E-state index contributed by atoms with van der Waals surface area (Å²) in [4.78, 5) is 62.4. The fourth-order valence-corrected chi connectivity index (χ4v) is 4.32. The van der Waals surface area contributed by atoms with Gasteiger partial charge in [0, 0.05) is 18.9 Å². The van der Waals surface area contributed by atoms with Crippen LogP contribution in [-0.4, -0.2) is 47.0 Å². The molecule has 3 aliphatic rings. The third kappa shape index (κ3) is 4.06. The van der Waals surface area contributed by atoms with Crippen molar-refractivity contribution in [2.75, 3.05) is 6.54 Å². The molecule has 1 unspecified atom stereocenters. The molecule has 0 radical (unpaired) electrons. The molecule has 9 nitrogen and oxygen atoms in total. The van der Waals surface area contributed by atoms with Gasteiger partial charge in [-0.05, 0) is 61.9 Å². The van der Waals surface area contributed by atoms with E-state index in [0.717, 1.165) is 29.1 Å². The topological polar surface area (TPSA) is 126 Å². The van der Waals surface area contributed by atoms with Gasteiger partial charge >= 0.3 is 0 Å². The molecule has 0 bridgehead atoms. The molecule has 0 spiro atoms. The molecular weight excluding hydrogens is 426 g/mol. The number of nitrogens with zero attached hydrogens (tertiary/aromatic N) is 1. The maximum atomic E-state index is 12.9. The molecule has 9 heteroatoms. The van der Waals surface area contributed by atoms with Gasteiger partial charge in [-0.2, -0.15) is 0 Å². The Hall–Kier alpha value is -3.75. The minimum atomic E-state index is -0.976. The highest BCUT2D eigenvalue weighted by atomic mass is 16.4. The van der Waals surface area contributed by atoms with E-state index in [-0.39, 0.29) is 29.9 Å². The number of fused-ring (bicyclic) bond motifs is 1. The normalized spacial score (nSPS) is 20.1. The summed E-state index contributed by atoms with van der Waals surface area (Å²) in [6, 6.07) is 7.60. The quantitative estimate of drug-likeness (QED) is 0.491. The fraction of sp³-hybridized carbons (Fsp3) is 0.375. The maximum absolute atomic E-state index is 12.9. The van der Waals surface area contributed by atoms with Crippen molar-refractivity contribution in [3.8, 4) is 0 Å². The molecule has 5 amide bonds. The predicted octanol–water partition coefficient (Wildman–Crippen LogP) is 1.92. The Morgan fingerprint density at radius 1 is 1.03 bits per heavy atom. The van der Waals surface area contributed by atoms with Crippen molar-refractivity contribution >= 4 is 29.5 Å². The molecule has 33 heavy (non-hydrogen) atoms. The number of rotatable bonds is 7. The monoisotopic (exact) mass is 449 g/mol. The van der Waals surface area contributed by atoms with Crippen molar-refractivity contribution < 1.29 is 28.4 Å². The lowest BCUT2D eigenvalue weighted by molar-refractivity contribution is -0.136. The van der Waals surface area contributed by atoms with Crippen LogP contribution in [0.25, 0.3) is 0 Å². The number of hydrogen-bond acceptors (Lipinski definition) is 6. The van der Waals surface area contributed by atoms with Crippen LogP contribution >= 0.6 is 0 Å². The van der Waals surface area contributed by atoms with E-state index in [0.29, 0.717) is 31.1 Å². The van der Waals surface area contributed by atoms with Gasteiger partial charge in [-0.25, -0.2) is 0 Å². The average molecular weight is 449 g/mol. The summed E-state index contributed by atoms with van der Waals surface area (Å²) in [6.07, 6.45) is 3.66. The number of benzene rings is 1. The van der Waals surface area contributed by atoms with E-state index >= 15 is 0 Å². The molecule has 1 aromatic carbocycles. The van der Waals surface area contributed by atoms with Crippen LogP contribution in [0, 0.1) is 0 Å². The number of carbonyl (C=O) groups is 5. The van der Waals surface area contributed by atoms with Crippen LogP contribution in [0.2, 0.25) is 0 Å². The minimum Gasteiger partial charge on any atom is -0.456 e. The van der Waals surface area contributed by atoms with Gasteiger partial charge in [0.05, 0.1) is 11.1 Å². The van der Waals surface area contributed by atoms with Gasteiger partial charge in [-0.3, -0.25) is 34.2 Å². The van der Waals surface area contributed by atoms with E-state index in [2.05, 4.69) is 10.6 Å². The molecule has 2 N–H and O–H groups in total. The van der Waals surface area contributed by atoms with Crippen molar-refractivity contribution in [1.29, 1.82) is 0 Å². The van der Waals surface area contributed by atoms with Crippen LogP contribution in [0.15, 0.2) is 34.7 Å². The summed E-state index contributed by atoms with van der Waals surface area (Å²) >= 11 is 0. The van der Waals surface area contributed by atoms with Crippen molar-refractivity contribution in [3.63, 3.8) is 0 Å². The number of nitrogens with one attached hydrogen (secondary N) is 2. The molecule has 1 saturated carbocycles. The van der Waals surface area contributed by atoms with Gasteiger partial charge in [0.15, 0.2) is 5.76 Å². The van der Waals surface area contributed by atoms with Gasteiger partial charge in [-0.1, -0.05) is 6.07 Å². The molecule has 3 heterocycles. The van der Waals surface area contributed by atoms with Crippen LogP contribution in [0.4, 0.5) is 0 Å². The summed E-state index contributed by atoms with van der Waals surface area (Å²) in [5.74, 6) is -0.703. The van der Waals surface area contributed by atoms with E-state index in [4.69, 9.17) is 4.42 Å². The Kier molecular flexibility index (Phi) is 5.32. The van der Waals surface area contributed by atoms with Crippen molar-refractivity contribution in [3.05, 3.63) is 58.5 Å². The summed E-state index contributed by atoms with van der Waals surface area (Å²) in [5, 5.41) is 5.02. The number of aryl methyl sites for hydroxylation is 1. The number of piperidine rings is 1. The molecule has 1 atom stereocenters. The lowest BCUT2D eigenvalue weighted by atomic mass is 10.0. The minimum absolute atomic E-state index is 0.0840. The van der Waals surface area contributed by atoms with Gasteiger partial charge in [0.2, 0.25) is 11.8 Å². The van der Waals surface area contributed by atoms with Gasteiger partial charge < -0.3 is 9.73 Å². The van der Waals surface area contributed by atoms with Crippen molar-refractivity contribution in [2.24, 2.45) is 0 Å². The van der Waals surface area contributed by atoms with Crippen LogP contribution in [0.5, 0.6) is 0 Å².